The number of hydrogen-bond donors (Lipinski definition) is 1. The minimum absolute atomic E-state index is 0.0525. The summed E-state index contributed by atoms with van der Waals surface area (Å²) in [6.07, 6.45) is 0.950. The van der Waals surface area contributed by atoms with Gasteiger partial charge in [-0.15, -0.1) is 11.3 Å². The number of anilines is 1. The highest BCUT2D eigenvalue weighted by molar-refractivity contribution is 9.10. The minimum Gasteiger partial charge on any atom is -0.483 e. The average Bonchev–Trinajstić information content (AvgIpc) is 3.16. The second-order valence-electron chi connectivity index (χ2n) is 7.02. The van der Waals surface area contributed by atoms with Gasteiger partial charge in [-0.2, -0.15) is 0 Å². The lowest BCUT2D eigenvalue weighted by molar-refractivity contribution is -0.118. The third-order valence-corrected chi connectivity index (χ3v) is 6.41. The number of nitrogens with one attached hydrogen (secondary N) is 1. The molecule has 3 aromatic carbocycles. The van der Waals surface area contributed by atoms with E-state index in [1.807, 2.05) is 48.5 Å². The predicted octanol–water partition coefficient (Wildman–Crippen LogP) is 6.61. The first-order chi connectivity index (χ1) is 14.5. The number of hydrogen-bond acceptors (Lipinski definition) is 4. The Bertz CT molecular complexity index is 1200. The maximum atomic E-state index is 12.3. The van der Waals surface area contributed by atoms with Crippen molar-refractivity contribution in [1.29, 1.82) is 0 Å². The van der Waals surface area contributed by atoms with Crippen molar-refractivity contribution in [2.24, 2.45) is 0 Å². The van der Waals surface area contributed by atoms with E-state index in [1.165, 1.54) is 15.8 Å². The smallest absolute Gasteiger partial charge is 0.262 e. The van der Waals surface area contributed by atoms with E-state index in [0.29, 0.717) is 5.75 Å². The van der Waals surface area contributed by atoms with Crippen LogP contribution >= 0.6 is 27.3 Å². The number of amides is 1. The van der Waals surface area contributed by atoms with Crippen molar-refractivity contribution in [3.63, 3.8) is 0 Å². The molecule has 1 amide bonds. The number of halogens is 1. The summed E-state index contributed by atoms with van der Waals surface area (Å²) in [7, 11) is 0. The van der Waals surface area contributed by atoms with E-state index in [-0.39, 0.29) is 12.5 Å². The van der Waals surface area contributed by atoms with Gasteiger partial charge in [0.2, 0.25) is 0 Å². The van der Waals surface area contributed by atoms with Crippen molar-refractivity contribution in [3.8, 4) is 16.3 Å². The number of ether oxygens (including phenoxy) is 1. The van der Waals surface area contributed by atoms with Gasteiger partial charge in [-0.3, -0.25) is 4.79 Å². The van der Waals surface area contributed by atoms with E-state index >= 15 is 0 Å². The molecule has 0 radical (unpaired) electrons. The SMILES string of the molecule is CCc1ccc(OCC(=O)Nc2ccc(-c3nc4ccc(C)cc4s3)cc2)c(Br)c1. The van der Waals surface area contributed by atoms with Crippen LogP contribution in [0.25, 0.3) is 20.8 Å². The van der Waals surface area contributed by atoms with Crippen LogP contribution in [-0.4, -0.2) is 17.5 Å². The van der Waals surface area contributed by atoms with Crippen LogP contribution in [0.2, 0.25) is 0 Å². The minimum atomic E-state index is -0.204. The van der Waals surface area contributed by atoms with Crippen LogP contribution in [0.4, 0.5) is 5.69 Å². The quantitative estimate of drug-likeness (QED) is 0.337. The number of nitrogens with zero attached hydrogens (tertiary/aromatic N) is 1. The normalized spacial score (nSPS) is 10.9. The number of aryl methyl sites for hydroxylation is 2. The van der Waals surface area contributed by atoms with Gasteiger partial charge >= 0.3 is 0 Å². The predicted molar refractivity (Wildman–Crippen MR) is 127 cm³/mol. The fourth-order valence-electron chi connectivity index (χ4n) is 3.07. The zero-order valence-corrected chi connectivity index (χ0v) is 19.1. The monoisotopic (exact) mass is 480 g/mol. The Labute approximate surface area is 188 Å². The molecule has 152 valence electrons. The molecule has 1 aromatic heterocycles. The maximum Gasteiger partial charge on any atom is 0.262 e. The van der Waals surface area contributed by atoms with E-state index in [9.17, 15) is 4.79 Å². The summed E-state index contributed by atoms with van der Waals surface area (Å²) >= 11 is 5.16. The van der Waals surface area contributed by atoms with Crippen LogP contribution < -0.4 is 10.1 Å². The molecule has 4 aromatic rings. The van der Waals surface area contributed by atoms with E-state index in [4.69, 9.17) is 9.72 Å². The average molecular weight is 481 g/mol. The summed E-state index contributed by atoms with van der Waals surface area (Å²) in [5.41, 5.74) is 5.20. The highest BCUT2D eigenvalue weighted by atomic mass is 79.9. The number of aromatic nitrogens is 1. The molecule has 0 aliphatic rings. The van der Waals surface area contributed by atoms with Crippen molar-refractivity contribution in [2.45, 2.75) is 20.3 Å². The van der Waals surface area contributed by atoms with E-state index in [2.05, 4.69) is 47.2 Å². The number of carbonyl (C=O) groups is 1. The summed E-state index contributed by atoms with van der Waals surface area (Å²) in [6.45, 7) is 4.13. The maximum absolute atomic E-state index is 12.3. The molecule has 4 nitrogen and oxygen atoms in total. The Hall–Kier alpha value is -2.70. The third kappa shape index (κ3) is 4.71. The topological polar surface area (TPSA) is 51.2 Å². The number of fused-ring (bicyclic) bond motifs is 1. The van der Waals surface area contributed by atoms with Gasteiger partial charge in [0.15, 0.2) is 6.61 Å². The Balaban J connectivity index is 1.38. The molecule has 0 saturated heterocycles. The molecule has 0 atom stereocenters. The summed E-state index contributed by atoms with van der Waals surface area (Å²) in [5, 5.41) is 3.84. The highest BCUT2D eigenvalue weighted by Crippen LogP contribution is 2.31. The number of thiazole rings is 1. The van der Waals surface area contributed by atoms with Crippen LogP contribution in [-0.2, 0) is 11.2 Å². The van der Waals surface area contributed by atoms with Gasteiger partial charge in [0.05, 0.1) is 14.7 Å². The van der Waals surface area contributed by atoms with Crippen LogP contribution in [0.15, 0.2) is 65.1 Å². The Morgan fingerprint density at radius 3 is 2.63 bits per heavy atom. The van der Waals surface area contributed by atoms with Crippen molar-refractivity contribution in [3.05, 3.63) is 76.3 Å². The zero-order valence-electron chi connectivity index (χ0n) is 16.7. The Kier molecular flexibility index (Phi) is 6.16. The highest BCUT2D eigenvalue weighted by Gasteiger charge is 2.09. The molecule has 0 bridgehead atoms. The molecular formula is C24H21BrN2O2S. The lowest BCUT2D eigenvalue weighted by atomic mass is 10.2. The van der Waals surface area contributed by atoms with Crippen molar-refractivity contribution in [1.82, 2.24) is 4.98 Å². The first-order valence-corrected chi connectivity index (χ1v) is 11.3. The van der Waals surface area contributed by atoms with E-state index in [1.54, 1.807) is 11.3 Å². The second kappa shape index (κ2) is 8.98. The fourth-order valence-corrected chi connectivity index (χ4v) is 4.68. The first kappa shape index (κ1) is 20.6. The van der Waals surface area contributed by atoms with Crippen LogP contribution in [0.1, 0.15) is 18.1 Å². The molecule has 0 unspecified atom stereocenters. The van der Waals surface area contributed by atoms with Crippen molar-refractivity contribution in [2.75, 3.05) is 11.9 Å². The number of rotatable bonds is 6. The molecule has 0 saturated carbocycles. The lowest BCUT2D eigenvalue weighted by Crippen LogP contribution is -2.20. The largest absolute Gasteiger partial charge is 0.483 e. The van der Waals surface area contributed by atoms with Crippen molar-refractivity contribution >= 4 is 49.1 Å². The van der Waals surface area contributed by atoms with Crippen LogP contribution in [0.5, 0.6) is 5.75 Å². The van der Waals surface area contributed by atoms with Gasteiger partial charge < -0.3 is 10.1 Å². The number of benzene rings is 3. The molecule has 0 fully saturated rings. The van der Waals surface area contributed by atoms with Gasteiger partial charge in [0.25, 0.3) is 5.91 Å². The molecule has 6 heteroatoms. The second-order valence-corrected chi connectivity index (χ2v) is 8.91. The molecular weight excluding hydrogens is 460 g/mol. The standard InChI is InChI=1S/C24H21BrN2O2S/c1-3-16-5-11-21(19(25)13-16)29-14-23(28)26-18-8-6-17(7-9-18)24-27-20-10-4-15(2)12-22(20)30-24/h4-13H,3,14H2,1-2H3,(H,26,28). The van der Waals surface area contributed by atoms with Gasteiger partial charge in [0, 0.05) is 11.3 Å². The summed E-state index contributed by atoms with van der Waals surface area (Å²) in [6, 6.07) is 19.9. The van der Waals surface area contributed by atoms with Crippen LogP contribution in [0.3, 0.4) is 0 Å². The molecule has 1 heterocycles. The molecule has 0 aliphatic carbocycles. The summed E-state index contributed by atoms with van der Waals surface area (Å²) in [4.78, 5) is 17.0. The molecule has 30 heavy (non-hydrogen) atoms. The molecule has 4 rings (SSSR count). The Morgan fingerprint density at radius 1 is 1.10 bits per heavy atom. The first-order valence-electron chi connectivity index (χ1n) is 9.70. The van der Waals surface area contributed by atoms with E-state index < -0.39 is 0 Å². The van der Waals surface area contributed by atoms with Gasteiger partial charge in [-0.05, 0) is 88.9 Å². The van der Waals surface area contributed by atoms with Gasteiger partial charge in [-0.25, -0.2) is 4.98 Å². The summed E-state index contributed by atoms with van der Waals surface area (Å²) < 4.78 is 7.67. The van der Waals surface area contributed by atoms with Gasteiger partial charge in [-0.1, -0.05) is 19.1 Å². The van der Waals surface area contributed by atoms with E-state index in [0.717, 1.165) is 32.7 Å². The molecule has 0 spiro atoms. The van der Waals surface area contributed by atoms with Crippen molar-refractivity contribution < 1.29 is 9.53 Å². The zero-order chi connectivity index (χ0) is 21.1. The van der Waals surface area contributed by atoms with Crippen LogP contribution in [0, 0.1) is 6.92 Å². The van der Waals surface area contributed by atoms with Gasteiger partial charge in [0.1, 0.15) is 10.8 Å². The molecule has 1 N–H and O–H groups in total. The number of carbonyl (C=O) groups excluding carboxylic acids is 1. The Morgan fingerprint density at radius 2 is 1.90 bits per heavy atom. The molecule has 0 aliphatic heterocycles. The summed E-state index contributed by atoms with van der Waals surface area (Å²) in [5.74, 6) is 0.452. The fraction of sp³-hybridized carbons (Fsp3) is 0.167. The third-order valence-electron chi connectivity index (χ3n) is 4.72. The lowest BCUT2D eigenvalue weighted by Gasteiger charge is -2.10.